The maximum Gasteiger partial charge on any atom is 0.0975 e. The lowest BCUT2D eigenvalue weighted by Gasteiger charge is -2.55. The molecule has 6 atom stereocenters. The van der Waals surface area contributed by atoms with E-state index in [0.29, 0.717) is 17.4 Å². The zero-order valence-corrected chi connectivity index (χ0v) is 21.5. The Hall–Kier alpha value is -1.49. The zero-order valence-electron chi connectivity index (χ0n) is 21.5. The predicted octanol–water partition coefficient (Wildman–Crippen LogP) is 5.43. The number of fused-ring (bicyclic) bond motifs is 2. The second-order valence-corrected chi connectivity index (χ2v) is 13.2. The number of hydrogen-bond donors (Lipinski definition) is 0. The molecule has 0 radical (unpaired) electrons. The first-order chi connectivity index (χ1) is 17.1. The van der Waals surface area contributed by atoms with Gasteiger partial charge >= 0.3 is 0 Å². The van der Waals surface area contributed by atoms with Gasteiger partial charge in [0.05, 0.1) is 11.2 Å². The summed E-state index contributed by atoms with van der Waals surface area (Å²) in [7, 11) is 0. The van der Waals surface area contributed by atoms with Crippen LogP contribution in [0.25, 0.3) is 0 Å². The summed E-state index contributed by atoms with van der Waals surface area (Å²) < 4.78 is 7.55. The minimum Gasteiger partial charge on any atom is -0.359 e. The summed E-state index contributed by atoms with van der Waals surface area (Å²) in [4.78, 5) is 10.1. The quantitative estimate of drug-likeness (QED) is 0.575. The van der Waals surface area contributed by atoms with Gasteiger partial charge in [0.1, 0.15) is 0 Å². The van der Waals surface area contributed by atoms with Crippen LogP contribution in [-0.4, -0.2) is 57.7 Å². The van der Waals surface area contributed by atoms with E-state index in [1.807, 2.05) is 6.20 Å². The molecule has 2 saturated heterocycles. The lowest BCUT2D eigenvalue weighted by atomic mass is 9.59. The van der Waals surface area contributed by atoms with Crippen LogP contribution in [0.15, 0.2) is 41.8 Å². The van der Waals surface area contributed by atoms with E-state index in [2.05, 4.69) is 46.1 Å². The van der Waals surface area contributed by atoms with Crippen LogP contribution in [0.5, 0.6) is 0 Å². The van der Waals surface area contributed by atoms with Crippen LogP contribution in [0.1, 0.15) is 82.3 Å². The van der Waals surface area contributed by atoms with Crippen molar-refractivity contribution in [2.24, 2.45) is 11.3 Å². The van der Waals surface area contributed by atoms with Gasteiger partial charge in [0.25, 0.3) is 0 Å². The maximum atomic E-state index is 7.55. The fourth-order valence-electron chi connectivity index (χ4n) is 10.0. The first-order valence-electron chi connectivity index (χ1n) is 14.6. The molecule has 2 unspecified atom stereocenters. The van der Waals surface area contributed by atoms with Gasteiger partial charge in [-0.1, -0.05) is 19.1 Å². The highest BCUT2D eigenvalue weighted by Crippen LogP contribution is 2.67. The van der Waals surface area contributed by atoms with Gasteiger partial charge in [0.2, 0.25) is 0 Å². The Morgan fingerprint density at radius 2 is 1.91 bits per heavy atom. The molecule has 4 heteroatoms. The van der Waals surface area contributed by atoms with Crippen molar-refractivity contribution in [3.63, 3.8) is 0 Å². The molecule has 4 nitrogen and oxygen atoms in total. The van der Waals surface area contributed by atoms with Crippen molar-refractivity contribution < 1.29 is 4.74 Å². The Balaban J connectivity index is 1.10. The third-order valence-corrected chi connectivity index (χ3v) is 11.7. The van der Waals surface area contributed by atoms with E-state index in [1.165, 1.54) is 101 Å². The molecule has 3 aliphatic carbocycles. The molecule has 0 aromatic carbocycles. The molecule has 2 bridgehead atoms. The number of ether oxygens (including phenoxy) is 1. The molecule has 0 amide bonds. The summed E-state index contributed by atoms with van der Waals surface area (Å²) >= 11 is 0. The summed E-state index contributed by atoms with van der Waals surface area (Å²) in [6, 6.07) is 3.63. The van der Waals surface area contributed by atoms with Crippen LogP contribution in [0.4, 0.5) is 0 Å². The van der Waals surface area contributed by atoms with Crippen LogP contribution in [0.3, 0.4) is 0 Å². The Morgan fingerprint density at radius 3 is 2.83 bits per heavy atom. The average Bonchev–Trinajstić information content (AvgIpc) is 3.60. The minimum atomic E-state index is -0.0204. The fourth-order valence-corrected chi connectivity index (χ4v) is 10.0. The topological polar surface area (TPSA) is 28.6 Å². The van der Waals surface area contributed by atoms with Crippen molar-refractivity contribution in [1.82, 2.24) is 14.8 Å². The van der Waals surface area contributed by atoms with Gasteiger partial charge in [-0.15, -0.1) is 0 Å². The van der Waals surface area contributed by atoms with E-state index in [-0.39, 0.29) is 11.2 Å². The Morgan fingerprint density at radius 1 is 1.00 bits per heavy atom. The van der Waals surface area contributed by atoms with Crippen molar-refractivity contribution in [1.29, 1.82) is 0 Å². The lowest BCUT2D eigenvalue weighted by Crippen LogP contribution is -2.57. The number of rotatable bonds is 2. The summed E-state index contributed by atoms with van der Waals surface area (Å²) in [6.45, 7) is 7.52. The van der Waals surface area contributed by atoms with E-state index >= 15 is 0 Å². The van der Waals surface area contributed by atoms with Crippen LogP contribution in [0.2, 0.25) is 0 Å². The highest BCUT2D eigenvalue weighted by molar-refractivity contribution is 5.47. The molecule has 7 aliphatic rings. The molecule has 0 N–H and O–H groups in total. The van der Waals surface area contributed by atoms with E-state index in [9.17, 15) is 0 Å². The summed E-state index contributed by atoms with van der Waals surface area (Å²) in [5, 5.41) is 0. The van der Waals surface area contributed by atoms with E-state index in [4.69, 9.17) is 4.74 Å². The summed E-state index contributed by atoms with van der Waals surface area (Å²) in [5.41, 5.74) is 6.50. The Kier molecular flexibility index (Phi) is 4.64. The highest BCUT2D eigenvalue weighted by Gasteiger charge is 2.67. The van der Waals surface area contributed by atoms with Crippen molar-refractivity contribution >= 4 is 0 Å². The Bertz CT molecular complexity index is 1100. The van der Waals surface area contributed by atoms with Gasteiger partial charge in [-0.2, -0.15) is 0 Å². The predicted molar refractivity (Wildman–Crippen MR) is 138 cm³/mol. The molecule has 35 heavy (non-hydrogen) atoms. The number of pyridine rings is 1. The van der Waals surface area contributed by atoms with Crippen molar-refractivity contribution in [3.8, 4) is 0 Å². The molecule has 1 aromatic rings. The summed E-state index contributed by atoms with van der Waals surface area (Å²) in [5.74, 6) is 0.652. The number of aromatic nitrogens is 1. The molecule has 5 heterocycles. The third-order valence-electron chi connectivity index (χ3n) is 11.7. The number of hydrogen-bond acceptors (Lipinski definition) is 4. The SMILES string of the molecule is CC12CC=C3C=C4CC[C@@H](N5CCCC5)C[C@]45CC[C@]3(O5)[C@@H]1CCC2N1CCc2ccncc2C1. The number of allylic oxidation sites excluding steroid dienone is 1. The van der Waals surface area contributed by atoms with E-state index < -0.39 is 0 Å². The second kappa shape index (κ2) is 7.52. The third kappa shape index (κ3) is 2.94. The van der Waals surface area contributed by atoms with Crippen LogP contribution in [0, 0.1) is 11.3 Å². The smallest absolute Gasteiger partial charge is 0.0975 e. The monoisotopic (exact) mass is 471 g/mol. The van der Waals surface area contributed by atoms with Crippen LogP contribution in [-0.2, 0) is 17.7 Å². The molecular weight excluding hydrogens is 430 g/mol. The van der Waals surface area contributed by atoms with Gasteiger partial charge in [-0.25, -0.2) is 0 Å². The van der Waals surface area contributed by atoms with E-state index in [1.54, 1.807) is 11.1 Å². The first-order valence-corrected chi connectivity index (χ1v) is 14.6. The minimum absolute atomic E-state index is 0.0204. The van der Waals surface area contributed by atoms with Gasteiger partial charge in [0.15, 0.2) is 0 Å². The molecule has 1 aromatic heterocycles. The molecular formula is C31H41N3O. The number of nitrogens with zero attached hydrogens (tertiary/aromatic N) is 3. The lowest BCUT2D eigenvalue weighted by molar-refractivity contribution is -0.144. The Labute approximate surface area is 210 Å². The normalized spacial score (nSPS) is 44.8. The van der Waals surface area contributed by atoms with Gasteiger partial charge in [-0.05, 0) is 123 Å². The van der Waals surface area contributed by atoms with Crippen LogP contribution >= 0.6 is 0 Å². The van der Waals surface area contributed by atoms with Gasteiger partial charge in [-0.3, -0.25) is 9.88 Å². The van der Waals surface area contributed by atoms with E-state index in [0.717, 1.165) is 12.6 Å². The number of likely N-dealkylation sites (tertiary alicyclic amines) is 1. The molecule has 2 saturated carbocycles. The molecule has 4 aliphatic heterocycles. The fraction of sp³-hybridized carbons (Fsp3) is 0.710. The first kappa shape index (κ1) is 21.6. The van der Waals surface area contributed by atoms with Gasteiger partial charge < -0.3 is 9.64 Å². The standard InChI is InChI=1S/C31H41N3O/c1-29-11-8-25-18-24-4-5-26(33-15-2-3-16-33)19-30(24)12-13-31(25,35-30)27(29)6-7-28(29)34-17-10-22-9-14-32-20-23(22)21-34/h8-9,14,18,20,26-28H,2-7,10-13,15-17,19,21H2,1H3/t26-,27-,28?,29?,30-,31-/m1/s1. The molecule has 186 valence electrons. The van der Waals surface area contributed by atoms with Crippen molar-refractivity contribution in [3.05, 3.63) is 52.9 Å². The van der Waals surface area contributed by atoms with Gasteiger partial charge in [0, 0.05) is 37.6 Å². The van der Waals surface area contributed by atoms with Crippen molar-refractivity contribution in [2.45, 2.75) is 107 Å². The average molecular weight is 472 g/mol. The van der Waals surface area contributed by atoms with Crippen molar-refractivity contribution in [2.75, 3.05) is 19.6 Å². The van der Waals surface area contributed by atoms with Crippen LogP contribution < -0.4 is 0 Å². The second-order valence-electron chi connectivity index (χ2n) is 13.2. The molecule has 4 fully saturated rings. The summed E-state index contributed by atoms with van der Waals surface area (Å²) in [6.07, 6.45) is 23.5. The molecule has 8 rings (SSSR count). The largest absolute Gasteiger partial charge is 0.359 e. The molecule has 2 spiro atoms. The highest BCUT2D eigenvalue weighted by atomic mass is 16.5. The maximum absolute atomic E-state index is 7.55. The zero-order chi connectivity index (χ0) is 23.3.